The van der Waals surface area contributed by atoms with Crippen LogP contribution in [0.2, 0.25) is 0 Å². The van der Waals surface area contributed by atoms with Crippen molar-refractivity contribution < 1.29 is 9.53 Å². The molecule has 17 heavy (non-hydrogen) atoms. The lowest BCUT2D eigenvalue weighted by Crippen LogP contribution is -2.39. The van der Waals surface area contributed by atoms with Crippen LogP contribution in [0.3, 0.4) is 0 Å². The van der Waals surface area contributed by atoms with Gasteiger partial charge in [0, 0.05) is 19.3 Å². The van der Waals surface area contributed by atoms with Crippen LogP contribution in [0.5, 0.6) is 0 Å². The van der Waals surface area contributed by atoms with Crippen LogP contribution in [0.1, 0.15) is 18.7 Å². The molecular formula is C12H17N3O2. The van der Waals surface area contributed by atoms with Crippen molar-refractivity contribution in [3.05, 3.63) is 18.1 Å². The summed E-state index contributed by atoms with van der Waals surface area (Å²) in [5, 5.41) is 0. The first-order valence-corrected chi connectivity index (χ1v) is 5.83. The fraction of sp³-hybridized carbons (Fsp3) is 0.583. The number of hydrogen-bond donors (Lipinski definition) is 0. The van der Waals surface area contributed by atoms with Gasteiger partial charge in [-0.05, 0) is 25.8 Å². The number of ether oxygens (including phenoxy) is 1. The van der Waals surface area contributed by atoms with E-state index in [0.717, 1.165) is 31.0 Å². The molecule has 0 aliphatic carbocycles. The Balaban J connectivity index is 2.09. The zero-order valence-corrected chi connectivity index (χ0v) is 10.2. The Labute approximate surface area is 101 Å². The summed E-state index contributed by atoms with van der Waals surface area (Å²) < 4.78 is 4.80. The molecule has 1 saturated heterocycles. The maximum Gasteiger partial charge on any atom is 0.310 e. The van der Waals surface area contributed by atoms with Crippen LogP contribution in [0.25, 0.3) is 0 Å². The van der Waals surface area contributed by atoms with Crippen molar-refractivity contribution in [3.8, 4) is 0 Å². The number of hydrogen-bond acceptors (Lipinski definition) is 5. The number of piperidine rings is 1. The molecular weight excluding hydrogens is 218 g/mol. The molecule has 1 aromatic heterocycles. The number of aryl methyl sites for hydroxylation is 1. The van der Waals surface area contributed by atoms with E-state index in [1.54, 1.807) is 6.20 Å². The summed E-state index contributed by atoms with van der Waals surface area (Å²) >= 11 is 0. The Kier molecular flexibility index (Phi) is 3.56. The minimum atomic E-state index is -0.125. The third-order valence-electron chi connectivity index (χ3n) is 3.04. The van der Waals surface area contributed by atoms with Gasteiger partial charge < -0.3 is 9.64 Å². The molecule has 0 saturated carbocycles. The van der Waals surface area contributed by atoms with Gasteiger partial charge in [-0.25, -0.2) is 9.97 Å². The fourth-order valence-corrected chi connectivity index (χ4v) is 2.16. The number of nitrogens with zero attached hydrogens (tertiary/aromatic N) is 3. The van der Waals surface area contributed by atoms with E-state index in [1.807, 2.05) is 13.0 Å². The Hall–Kier alpha value is -1.65. The van der Waals surface area contributed by atoms with Gasteiger partial charge in [0.05, 0.1) is 13.0 Å². The van der Waals surface area contributed by atoms with Gasteiger partial charge in [-0.3, -0.25) is 4.79 Å². The Morgan fingerprint density at radius 1 is 1.59 bits per heavy atom. The van der Waals surface area contributed by atoms with Gasteiger partial charge in [0.15, 0.2) is 0 Å². The number of methoxy groups -OCH3 is 1. The van der Waals surface area contributed by atoms with Crippen LogP contribution >= 0.6 is 0 Å². The van der Waals surface area contributed by atoms with E-state index in [-0.39, 0.29) is 11.9 Å². The average molecular weight is 235 g/mol. The predicted molar refractivity (Wildman–Crippen MR) is 63.7 cm³/mol. The number of esters is 1. The van der Waals surface area contributed by atoms with Crippen LogP contribution in [0.15, 0.2) is 12.3 Å². The lowest BCUT2D eigenvalue weighted by molar-refractivity contribution is -0.145. The van der Waals surface area contributed by atoms with Gasteiger partial charge in [-0.1, -0.05) is 0 Å². The van der Waals surface area contributed by atoms with E-state index >= 15 is 0 Å². The van der Waals surface area contributed by atoms with Crippen molar-refractivity contribution in [3.63, 3.8) is 0 Å². The number of carbonyl (C=O) groups excluding carboxylic acids is 1. The molecule has 2 heterocycles. The summed E-state index contributed by atoms with van der Waals surface area (Å²) in [7, 11) is 1.44. The first-order valence-electron chi connectivity index (χ1n) is 5.83. The van der Waals surface area contributed by atoms with Crippen molar-refractivity contribution >= 4 is 11.8 Å². The largest absolute Gasteiger partial charge is 0.469 e. The molecule has 2 rings (SSSR count). The summed E-state index contributed by atoms with van der Waals surface area (Å²) in [5.74, 6) is 1.48. The number of aromatic nitrogens is 2. The van der Waals surface area contributed by atoms with Crippen molar-refractivity contribution in [1.82, 2.24) is 9.97 Å². The van der Waals surface area contributed by atoms with Crippen LogP contribution in [0, 0.1) is 12.8 Å². The molecule has 1 fully saturated rings. The molecule has 0 spiro atoms. The van der Waals surface area contributed by atoms with Crippen LogP contribution in [-0.2, 0) is 9.53 Å². The highest BCUT2D eigenvalue weighted by molar-refractivity contribution is 5.73. The third kappa shape index (κ3) is 2.72. The highest BCUT2D eigenvalue weighted by Gasteiger charge is 2.27. The highest BCUT2D eigenvalue weighted by Crippen LogP contribution is 2.22. The monoisotopic (exact) mass is 235 g/mol. The second kappa shape index (κ2) is 5.12. The first kappa shape index (κ1) is 11.8. The maximum absolute atomic E-state index is 11.5. The molecule has 0 radical (unpaired) electrons. The average Bonchev–Trinajstić information content (AvgIpc) is 2.38. The van der Waals surface area contributed by atoms with E-state index in [9.17, 15) is 4.79 Å². The summed E-state index contributed by atoms with van der Waals surface area (Å²) in [6.07, 6.45) is 3.63. The molecule has 5 nitrogen and oxygen atoms in total. The van der Waals surface area contributed by atoms with Crippen LogP contribution in [-0.4, -0.2) is 36.1 Å². The molecule has 0 amide bonds. The zero-order chi connectivity index (χ0) is 12.3. The fourth-order valence-electron chi connectivity index (χ4n) is 2.16. The van der Waals surface area contributed by atoms with Crippen molar-refractivity contribution in [1.29, 1.82) is 0 Å². The molecule has 1 unspecified atom stereocenters. The number of rotatable bonds is 2. The topological polar surface area (TPSA) is 55.3 Å². The quantitative estimate of drug-likeness (QED) is 0.720. The first-order chi connectivity index (χ1) is 8.20. The van der Waals surface area contributed by atoms with E-state index in [0.29, 0.717) is 6.54 Å². The lowest BCUT2D eigenvalue weighted by Gasteiger charge is -2.32. The number of anilines is 1. The molecule has 1 aliphatic heterocycles. The van der Waals surface area contributed by atoms with E-state index in [1.165, 1.54) is 7.11 Å². The van der Waals surface area contributed by atoms with E-state index < -0.39 is 0 Å². The predicted octanol–water partition coefficient (Wildman–Crippen LogP) is 1.17. The van der Waals surface area contributed by atoms with E-state index in [2.05, 4.69) is 14.9 Å². The SMILES string of the molecule is COC(=O)C1CCCN(c2ccnc(C)n2)C1. The molecule has 5 heteroatoms. The molecule has 1 aliphatic rings. The molecule has 0 bridgehead atoms. The highest BCUT2D eigenvalue weighted by atomic mass is 16.5. The molecule has 92 valence electrons. The smallest absolute Gasteiger partial charge is 0.310 e. The zero-order valence-electron chi connectivity index (χ0n) is 10.2. The van der Waals surface area contributed by atoms with Crippen molar-refractivity contribution in [2.75, 3.05) is 25.1 Å². The molecule has 0 N–H and O–H groups in total. The van der Waals surface area contributed by atoms with Gasteiger partial charge in [0.1, 0.15) is 11.6 Å². The molecule has 0 aromatic carbocycles. The summed E-state index contributed by atoms with van der Waals surface area (Å²) in [5.41, 5.74) is 0. The molecule has 1 aromatic rings. The Morgan fingerprint density at radius 2 is 2.41 bits per heavy atom. The van der Waals surface area contributed by atoms with Gasteiger partial charge >= 0.3 is 5.97 Å². The second-order valence-electron chi connectivity index (χ2n) is 4.27. The minimum absolute atomic E-state index is 0.0379. The normalized spacial score (nSPS) is 20.1. The van der Waals surface area contributed by atoms with Gasteiger partial charge in [0.2, 0.25) is 0 Å². The van der Waals surface area contributed by atoms with Gasteiger partial charge in [0.25, 0.3) is 0 Å². The van der Waals surface area contributed by atoms with Crippen LogP contribution < -0.4 is 4.90 Å². The van der Waals surface area contributed by atoms with Crippen molar-refractivity contribution in [2.24, 2.45) is 5.92 Å². The Bertz CT molecular complexity index is 408. The van der Waals surface area contributed by atoms with Crippen LogP contribution in [0.4, 0.5) is 5.82 Å². The van der Waals surface area contributed by atoms with Gasteiger partial charge in [-0.2, -0.15) is 0 Å². The molecule has 1 atom stereocenters. The number of carbonyl (C=O) groups is 1. The second-order valence-corrected chi connectivity index (χ2v) is 4.27. The van der Waals surface area contributed by atoms with Crippen molar-refractivity contribution in [2.45, 2.75) is 19.8 Å². The lowest BCUT2D eigenvalue weighted by atomic mass is 9.98. The Morgan fingerprint density at radius 3 is 3.12 bits per heavy atom. The van der Waals surface area contributed by atoms with E-state index in [4.69, 9.17) is 4.74 Å². The van der Waals surface area contributed by atoms with Gasteiger partial charge in [-0.15, -0.1) is 0 Å². The maximum atomic E-state index is 11.5. The summed E-state index contributed by atoms with van der Waals surface area (Å²) in [6, 6.07) is 1.88. The standard InChI is InChI=1S/C12H17N3O2/c1-9-13-6-5-11(14-9)15-7-3-4-10(8-15)12(16)17-2/h5-6,10H,3-4,7-8H2,1-2H3. The third-order valence-corrected chi connectivity index (χ3v) is 3.04. The summed E-state index contributed by atoms with van der Waals surface area (Å²) in [6.45, 7) is 3.48. The minimum Gasteiger partial charge on any atom is -0.469 e. The summed E-state index contributed by atoms with van der Waals surface area (Å²) in [4.78, 5) is 22.1.